The molecule has 0 aromatic rings. The van der Waals surface area contributed by atoms with Gasteiger partial charge < -0.3 is 34.3 Å². The van der Waals surface area contributed by atoms with Crippen LogP contribution in [0.25, 0.3) is 0 Å². The molecular weight excluding hydrogens is 753 g/mol. The highest BCUT2D eigenvalue weighted by Gasteiger charge is 2.46. The lowest BCUT2D eigenvalue weighted by molar-refractivity contribution is -0.297. The van der Waals surface area contributed by atoms with Crippen LogP contribution in [-0.2, 0) is 38.7 Å². The maximum absolute atomic E-state index is 12.8. The van der Waals surface area contributed by atoms with Gasteiger partial charge >= 0.3 is 11.9 Å². The zero-order valence-corrected chi connectivity index (χ0v) is 36.3. The number of ether oxygens (including phenoxy) is 4. The molecule has 57 heavy (non-hydrogen) atoms. The molecule has 0 radical (unpaired) electrons. The van der Waals surface area contributed by atoms with Gasteiger partial charge in [0, 0.05) is 12.8 Å². The van der Waals surface area contributed by atoms with Crippen LogP contribution >= 0.6 is 0 Å². The molecule has 0 aromatic heterocycles. The van der Waals surface area contributed by atoms with Crippen molar-refractivity contribution in [3.63, 3.8) is 0 Å². The van der Waals surface area contributed by atoms with Gasteiger partial charge in [-0.15, -0.1) is 0 Å². The van der Waals surface area contributed by atoms with E-state index in [9.17, 15) is 37.9 Å². The first kappa shape index (κ1) is 53.1. The summed E-state index contributed by atoms with van der Waals surface area (Å²) in [4.78, 5) is 25.3. The number of unbranched alkanes of at least 4 members (excludes halogenated alkanes) is 21. The maximum atomic E-state index is 12.8. The summed E-state index contributed by atoms with van der Waals surface area (Å²) in [5, 5.41) is 30.8. The predicted octanol–water partition coefficient (Wildman–Crippen LogP) is 8.84. The molecule has 0 spiro atoms. The van der Waals surface area contributed by atoms with E-state index in [1.54, 1.807) is 0 Å². The van der Waals surface area contributed by atoms with Crippen LogP contribution in [0.4, 0.5) is 0 Å². The summed E-state index contributed by atoms with van der Waals surface area (Å²) in [5.74, 6) is -2.03. The van der Waals surface area contributed by atoms with Crippen molar-refractivity contribution in [3.8, 4) is 0 Å². The molecule has 1 saturated heterocycles. The molecule has 12 nitrogen and oxygen atoms in total. The third-order valence-electron chi connectivity index (χ3n) is 10.3. The van der Waals surface area contributed by atoms with Gasteiger partial charge in [0.05, 0.1) is 6.61 Å². The van der Waals surface area contributed by atoms with E-state index in [0.717, 1.165) is 32.1 Å². The molecule has 1 rings (SSSR count). The molecule has 0 aromatic carbocycles. The molecule has 0 saturated carbocycles. The summed E-state index contributed by atoms with van der Waals surface area (Å²) in [6.07, 6.45) is 28.1. The van der Waals surface area contributed by atoms with Gasteiger partial charge in [0.2, 0.25) is 0 Å². The molecule has 0 amide bonds. The molecule has 1 aliphatic rings. The van der Waals surface area contributed by atoms with Crippen molar-refractivity contribution < 1.29 is 56.8 Å². The predicted molar refractivity (Wildman–Crippen MR) is 224 cm³/mol. The van der Waals surface area contributed by atoms with Crippen LogP contribution in [0.5, 0.6) is 0 Å². The molecule has 0 aliphatic carbocycles. The van der Waals surface area contributed by atoms with Crippen LogP contribution in [-0.4, -0.2) is 96.0 Å². The van der Waals surface area contributed by atoms with Gasteiger partial charge in [0.1, 0.15) is 36.8 Å². The molecule has 1 aliphatic heterocycles. The van der Waals surface area contributed by atoms with E-state index in [0.29, 0.717) is 19.3 Å². The Kier molecular flexibility index (Phi) is 32.6. The van der Waals surface area contributed by atoms with Crippen LogP contribution in [0.2, 0.25) is 0 Å². The van der Waals surface area contributed by atoms with Gasteiger partial charge in [-0.05, 0) is 38.5 Å². The van der Waals surface area contributed by atoms with E-state index in [4.69, 9.17) is 18.9 Å². The number of allylic oxidation sites excluding steroid dienone is 4. The number of carbonyl (C=O) groups is 2. The molecule has 1 fully saturated rings. The molecule has 6 atom stereocenters. The van der Waals surface area contributed by atoms with E-state index in [1.807, 2.05) is 6.08 Å². The van der Waals surface area contributed by atoms with Gasteiger partial charge in [0.15, 0.2) is 12.4 Å². The van der Waals surface area contributed by atoms with Crippen LogP contribution in [0.1, 0.15) is 187 Å². The number of aliphatic hydroxyl groups excluding tert-OH is 3. The number of hydrogen-bond donors (Lipinski definition) is 4. The second kappa shape index (κ2) is 34.9. The van der Waals surface area contributed by atoms with Crippen LogP contribution < -0.4 is 0 Å². The van der Waals surface area contributed by atoms with Crippen molar-refractivity contribution in [2.75, 3.05) is 19.0 Å². The quantitative estimate of drug-likeness (QED) is 0.0202. The van der Waals surface area contributed by atoms with E-state index >= 15 is 0 Å². The Morgan fingerprint density at radius 3 is 1.60 bits per heavy atom. The highest BCUT2D eigenvalue weighted by atomic mass is 32.2. The first-order valence-corrected chi connectivity index (χ1v) is 24.0. The lowest BCUT2D eigenvalue weighted by atomic mass is 10.00. The topological polar surface area (TPSA) is 186 Å². The number of esters is 2. The fraction of sp³-hybridized carbons (Fsp3) is 0.864. The molecule has 334 valence electrons. The summed E-state index contributed by atoms with van der Waals surface area (Å²) < 4.78 is 53.9. The number of hydrogen-bond acceptors (Lipinski definition) is 11. The van der Waals surface area contributed by atoms with Crippen molar-refractivity contribution in [1.82, 2.24) is 0 Å². The molecule has 2 unspecified atom stereocenters. The monoisotopic (exact) mass is 833 g/mol. The third-order valence-corrected chi connectivity index (χ3v) is 11.0. The Balaban J connectivity index is 2.47. The Bertz CT molecular complexity index is 1160. The average molecular weight is 833 g/mol. The van der Waals surface area contributed by atoms with Crippen molar-refractivity contribution in [2.24, 2.45) is 0 Å². The molecular formula is C44H80O12S. The zero-order chi connectivity index (χ0) is 42.0. The minimum Gasteiger partial charge on any atom is -0.462 e. The molecule has 1 heterocycles. The van der Waals surface area contributed by atoms with Gasteiger partial charge in [-0.2, -0.15) is 8.42 Å². The van der Waals surface area contributed by atoms with E-state index < -0.39 is 71.2 Å². The first-order valence-electron chi connectivity index (χ1n) is 22.4. The Morgan fingerprint density at radius 2 is 1.07 bits per heavy atom. The van der Waals surface area contributed by atoms with Crippen LogP contribution in [0.3, 0.4) is 0 Å². The van der Waals surface area contributed by atoms with Crippen molar-refractivity contribution in [2.45, 2.75) is 224 Å². The van der Waals surface area contributed by atoms with Gasteiger partial charge in [0.25, 0.3) is 10.1 Å². The average Bonchev–Trinajstić information content (AvgIpc) is 3.17. The Hall–Kier alpha value is -1.87. The zero-order valence-electron chi connectivity index (χ0n) is 35.4. The van der Waals surface area contributed by atoms with Crippen LogP contribution in [0, 0.1) is 0 Å². The Morgan fingerprint density at radius 1 is 0.596 bits per heavy atom. The Labute approximate surface area is 345 Å². The number of rotatable bonds is 37. The highest BCUT2D eigenvalue weighted by molar-refractivity contribution is 7.85. The summed E-state index contributed by atoms with van der Waals surface area (Å²) in [5.41, 5.74) is 0. The largest absolute Gasteiger partial charge is 0.462 e. The first-order chi connectivity index (χ1) is 27.5. The van der Waals surface area contributed by atoms with E-state index in [1.165, 1.54) is 109 Å². The molecule has 13 heteroatoms. The highest BCUT2D eigenvalue weighted by Crippen LogP contribution is 2.24. The fourth-order valence-corrected chi connectivity index (χ4v) is 7.47. The van der Waals surface area contributed by atoms with Crippen molar-refractivity contribution >= 4 is 22.1 Å². The summed E-state index contributed by atoms with van der Waals surface area (Å²) in [6, 6.07) is 0. The normalized spacial score (nSPS) is 20.7. The van der Waals surface area contributed by atoms with Crippen molar-refractivity contribution in [3.05, 3.63) is 24.3 Å². The summed E-state index contributed by atoms with van der Waals surface area (Å²) in [7, 11) is -4.60. The summed E-state index contributed by atoms with van der Waals surface area (Å²) in [6.45, 7) is 3.72. The summed E-state index contributed by atoms with van der Waals surface area (Å²) >= 11 is 0. The van der Waals surface area contributed by atoms with Crippen molar-refractivity contribution in [1.29, 1.82) is 0 Å². The van der Waals surface area contributed by atoms with Crippen LogP contribution in [0.15, 0.2) is 24.3 Å². The smallest absolute Gasteiger partial charge is 0.306 e. The number of aliphatic hydroxyl groups is 3. The van der Waals surface area contributed by atoms with E-state index in [-0.39, 0.29) is 19.4 Å². The lowest BCUT2D eigenvalue weighted by Gasteiger charge is -2.40. The lowest BCUT2D eigenvalue weighted by Crippen LogP contribution is -2.60. The third kappa shape index (κ3) is 29.9. The van der Waals surface area contributed by atoms with Gasteiger partial charge in [-0.3, -0.25) is 14.1 Å². The van der Waals surface area contributed by atoms with Gasteiger partial charge in [-0.1, -0.05) is 160 Å². The van der Waals surface area contributed by atoms with Gasteiger partial charge in [-0.25, -0.2) is 0 Å². The standard InChI is InChI=1S/C44H80O12S/c1-3-5-7-9-11-13-15-17-18-19-20-21-23-24-26-28-30-32-39(45)53-34-37(35-54-44-43(49)42(48)41(47)38(56-44)36-57(50,51)52)55-40(46)33-31-29-27-25-22-16-14-12-10-8-6-4-2/h20-21,24,26,37-38,41-44,47-49H,3-19,22-23,25,27-36H2,1-2H3,(H,50,51,52)/b21-20+,26-24+/t37-,38-,41-,42?,43?,44+/m1/s1. The minimum atomic E-state index is -4.60. The van der Waals surface area contributed by atoms with E-state index in [2.05, 4.69) is 32.1 Å². The maximum Gasteiger partial charge on any atom is 0.306 e. The minimum absolute atomic E-state index is 0.158. The fourth-order valence-electron chi connectivity index (χ4n) is 6.77. The molecule has 4 N–H and O–H groups in total. The second-order valence-corrected chi connectivity index (χ2v) is 17.2. The SMILES string of the molecule is CCCCCCCCCCC/C=C/C/C=C/CCCC(=O)OC[C@H](CO[C@H]1O[C@H](CS(=O)(=O)O)[C@@H](O)C(O)C1O)OC(=O)CCCCCCCCCCCCCC. The second-order valence-electron chi connectivity index (χ2n) is 15.7. The molecule has 0 bridgehead atoms. The number of carbonyl (C=O) groups excluding carboxylic acids is 2.